The van der Waals surface area contributed by atoms with Gasteiger partial charge in [-0.25, -0.2) is 9.59 Å². The second-order valence-corrected chi connectivity index (χ2v) is 8.65. The van der Waals surface area contributed by atoms with Gasteiger partial charge in [0.05, 0.1) is 6.61 Å². The average molecular weight is 453 g/mol. The normalized spacial score (nSPS) is 20.1. The van der Waals surface area contributed by atoms with E-state index in [2.05, 4.69) is 17.4 Å². The maximum atomic E-state index is 13.1. The Morgan fingerprint density at radius 1 is 1.12 bits per heavy atom. The molecule has 0 unspecified atom stereocenters. The molecular weight excluding hydrogens is 424 g/mol. The first-order valence-electron chi connectivity index (χ1n) is 11.0. The second-order valence-electron chi connectivity index (χ2n) is 8.65. The summed E-state index contributed by atoms with van der Waals surface area (Å²) in [7, 11) is 1.42. The summed E-state index contributed by atoms with van der Waals surface area (Å²) >= 11 is 0. The first-order chi connectivity index (χ1) is 15.9. The minimum Gasteiger partial charge on any atom is -0.480 e. The van der Waals surface area contributed by atoms with Crippen LogP contribution in [-0.4, -0.2) is 66.4 Å². The largest absolute Gasteiger partial charge is 0.480 e. The van der Waals surface area contributed by atoms with Crippen molar-refractivity contribution >= 4 is 18.0 Å². The summed E-state index contributed by atoms with van der Waals surface area (Å²) in [6.07, 6.45) is 0.196. The summed E-state index contributed by atoms with van der Waals surface area (Å²) in [5.41, 5.74) is 3.12. The topological polar surface area (TPSA) is 105 Å². The molecule has 1 fully saturated rings. The van der Waals surface area contributed by atoms with Crippen molar-refractivity contribution in [3.8, 4) is 11.1 Å². The van der Waals surface area contributed by atoms with Crippen molar-refractivity contribution in [2.75, 3.05) is 26.9 Å². The van der Waals surface area contributed by atoms with Crippen molar-refractivity contribution in [3.05, 3.63) is 59.7 Å². The van der Waals surface area contributed by atoms with Gasteiger partial charge in [-0.1, -0.05) is 48.5 Å². The third kappa shape index (κ3) is 4.18. The lowest BCUT2D eigenvalue weighted by Crippen LogP contribution is -2.58. The Balaban J connectivity index is 1.44. The molecule has 2 aliphatic rings. The average Bonchev–Trinajstić information content (AvgIpc) is 3.36. The number of carbonyl (C=O) groups excluding carboxylic acids is 2. The number of alkyl carbamates (subject to hydrolysis) is 1. The van der Waals surface area contributed by atoms with Gasteiger partial charge in [0.25, 0.3) is 0 Å². The van der Waals surface area contributed by atoms with Crippen LogP contribution in [0.5, 0.6) is 0 Å². The smallest absolute Gasteiger partial charge is 0.407 e. The number of nitrogens with zero attached hydrogens (tertiary/aromatic N) is 1. The van der Waals surface area contributed by atoms with Crippen LogP contribution in [0.2, 0.25) is 0 Å². The lowest BCUT2D eigenvalue weighted by Gasteiger charge is -2.33. The fourth-order valence-electron chi connectivity index (χ4n) is 4.85. The van der Waals surface area contributed by atoms with E-state index in [1.807, 2.05) is 36.4 Å². The quantitative estimate of drug-likeness (QED) is 0.669. The molecule has 8 nitrogen and oxygen atoms in total. The van der Waals surface area contributed by atoms with Crippen LogP contribution in [-0.2, 0) is 19.1 Å². The molecule has 174 valence electrons. The molecule has 2 N–H and O–H groups in total. The summed E-state index contributed by atoms with van der Waals surface area (Å²) in [6, 6.07) is 15.0. The number of ether oxygens (including phenoxy) is 2. The van der Waals surface area contributed by atoms with Crippen LogP contribution in [0.3, 0.4) is 0 Å². The van der Waals surface area contributed by atoms with Crippen molar-refractivity contribution in [1.82, 2.24) is 10.2 Å². The molecule has 8 heteroatoms. The number of fused-ring (bicyclic) bond motifs is 3. The molecule has 1 heterocycles. The highest BCUT2D eigenvalue weighted by Crippen LogP contribution is 2.44. The molecule has 1 saturated heterocycles. The van der Waals surface area contributed by atoms with Crippen molar-refractivity contribution in [1.29, 1.82) is 0 Å². The molecule has 0 spiro atoms. The van der Waals surface area contributed by atoms with Gasteiger partial charge in [-0.15, -0.1) is 0 Å². The van der Waals surface area contributed by atoms with Crippen LogP contribution in [0.15, 0.2) is 48.5 Å². The number of rotatable bonds is 7. The van der Waals surface area contributed by atoms with Gasteiger partial charge in [0, 0.05) is 19.6 Å². The van der Waals surface area contributed by atoms with Gasteiger partial charge < -0.3 is 24.8 Å². The minimum absolute atomic E-state index is 0.0881. The fraction of sp³-hybridized carbons (Fsp3) is 0.400. The molecule has 1 aliphatic heterocycles. The Morgan fingerprint density at radius 3 is 2.30 bits per heavy atom. The highest BCUT2D eigenvalue weighted by atomic mass is 16.5. The molecule has 1 aliphatic carbocycles. The summed E-state index contributed by atoms with van der Waals surface area (Å²) in [4.78, 5) is 38.8. The molecule has 2 aromatic rings. The highest BCUT2D eigenvalue weighted by Gasteiger charge is 2.47. The van der Waals surface area contributed by atoms with Gasteiger partial charge in [0.15, 0.2) is 0 Å². The van der Waals surface area contributed by atoms with E-state index in [1.54, 1.807) is 0 Å². The zero-order valence-electron chi connectivity index (χ0n) is 18.7. The maximum absolute atomic E-state index is 13.1. The first kappa shape index (κ1) is 22.8. The molecule has 0 bridgehead atoms. The highest BCUT2D eigenvalue weighted by molar-refractivity contribution is 5.92. The van der Waals surface area contributed by atoms with E-state index in [0.29, 0.717) is 19.4 Å². The number of carboxylic acid groups (broad SMARTS) is 1. The van der Waals surface area contributed by atoms with Crippen molar-refractivity contribution < 1.29 is 29.0 Å². The van der Waals surface area contributed by atoms with Crippen molar-refractivity contribution in [2.45, 2.75) is 37.3 Å². The molecule has 0 radical (unpaired) electrons. The van der Waals surface area contributed by atoms with Gasteiger partial charge in [0.2, 0.25) is 5.91 Å². The summed E-state index contributed by atoms with van der Waals surface area (Å²) < 4.78 is 10.7. The SMILES string of the molecule is COC[C@H](NC(=O)OCC1c2ccccc2-c2ccccc21)C(=O)N1CCC[C@]1(C)C(=O)O. The summed E-state index contributed by atoms with van der Waals surface area (Å²) in [5.74, 6) is -1.66. The lowest BCUT2D eigenvalue weighted by molar-refractivity contribution is -0.156. The number of benzene rings is 2. The Morgan fingerprint density at radius 2 is 1.73 bits per heavy atom. The number of carboxylic acids is 1. The van der Waals surface area contributed by atoms with E-state index in [1.165, 1.54) is 18.9 Å². The van der Waals surface area contributed by atoms with Crippen LogP contribution < -0.4 is 5.32 Å². The number of nitrogens with one attached hydrogen (secondary N) is 1. The number of amides is 2. The van der Waals surface area contributed by atoms with E-state index in [4.69, 9.17) is 9.47 Å². The minimum atomic E-state index is -1.30. The fourth-order valence-corrected chi connectivity index (χ4v) is 4.85. The Hall–Kier alpha value is -3.39. The maximum Gasteiger partial charge on any atom is 0.407 e. The molecule has 33 heavy (non-hydrogen) atoms. The predicted octanol–water partition coefficient (Wildman–Crippen LogP) is 3.01. The molecule has 0 saturated carbocycles. The van der Waals surface area contributed by atoms with Crippen molar-refractivity contribution in [3.63, 3.8) is 0 Å². The molecule has 2 aromatic carbocycles. The number of methoxy groups -OCH3 is 1. The van der Waals surface area contributed by atoms with Gasteiger partial charge in [-0.3, -0.25) is 4.79 Å². The van der Waals surface area contributed by atoms with E-state index in [-0.39, 0.29) is 19.1 Å². The lowest BCUT2D eigenvalue weighted by atomic mass is 9.98. The first-order valence-corrected chi connectivity index (χ1v) is 11.0. The Labute approximate surface area is 192 Å². The summed E-state index contributed by atoms with van der Waals surface area (Å²) in [6.45, 7) is 1.87. The van der Waals surface area contributed by atoms with Gasteiger partial charge in [-0.05, 0) is 42.0 Å². The van der Waals surface area contributed by atoms with E-state index < -0.39 is 29.6 Å². The van der Waals surface area contributed by atoms with Crippen LogP contribution in [0.25, 0.3) is 11.1 Å². The third-order valence-corrected chi connectivity index (χ3v) is 6.63. The number of hydrogen-bond donors (Lipinski definition) is 2. The standard InChI is InChI=1S/C25H28N2O6/c1-25(23(29)30)12-7-13-27(25)22(28)21(15-32-2)26-24(31)33-14-20-18-10-5-3-8-16(18)17-9-4-6-11-19(17)20/h3-6,8-11,20-21H,7,12-15H2,1-2H3,(H,26,31)(H,29,30)/t21-,25+/m0/s1. The Bertz CT molecular complexity index is 1020. The van der Waals surface area contributed by atoms with Gasteiger partial charge in [0.1, 0.15) is 18.2 Å². The molecule has 4 rings (SSSR count). The van der Waals surface area contributed by atoms with Crippen molar-refractivity contribution in [2.24, 2.45) is 0 Å². The molecular formula is C25H28N2O6. The van der Waals surface area contributed by atoms with E-state index in [9.17, 15) is 19.5 Å². The second kappa shape index (κ2) is 9.23. The monoisotopic (exact) mass is 452 g/mol. The molecule has 2 atom stereocenters. The van der Waals surface area contributed by atoms with Gasteiger partial charge in [-0.2, -0.15) is 0 Å². The number of aliphatic carboxylic acids is 1. The molecule has 2 amide bonds. The zero-order valence-corrected chi connectivity index (χ0v) is 18.7. The number of hydrogen-bond acceptors (Lipinski definition) is 5. The van der Waals surface area contributed by atoms with Gasteiger partial charge >= 0.3 is 12.1 Å². The molecule has 0 aromatic heterocycles. The van der Waals surface area contributed by atoms with Crippen LogP contribution in [0, 0.1) is 0 Å². The number of carbonyl (C=O) groups is 3. The van der Waals surface area contributed by atoms with E-state index >= 15 is 0 Å². The predicted molar refractivity (Wildman–Crippen MR) is 121 cm³/mol. The van der Waals surface area contributed by atoms with E-state index in [0.717, 1.165) is 22.3 Å². The third-order valence-electron chi connectivity index (χ3n) is 6.63. The summed E-state index contributed by atoms with van der Waals surface area (Å²) in [5, 5.41) is 12.2. The van der Waals surface area contributed by atoms with Crippen LogP contribution >= 0.6 is 0 Å². The van der Waals surface area contributed by atoms with Crippen LogP contribution in [0.1, 0.15) is 36.8 Å². The Kier molecular flexibility index (Phi) is 6.37. The number of likely N-dealkylation sites (tertiary alicyclic amines) is 1. The zero-order chi connectivity index (χ0) is 23.6. The van der Waals surface area contributed by atoms with Crippen LogP contribution in [0.4, 0.5) is 4.79 Å².